The highest BCUT2D eigenvalue weighted by molar-refractivity contribution is 6.34. The van der Waals surface area contributed by atoms with E-state index >= 15 is 0 Å². The van der Waals surface area contributed by atoms with Crippen molar-refractivity contribution in [3.05, 3.63) is 33.8 Å². The molecule has 0 saturated heterocycles. The molecule has 0 aliphatic heterocycles. The Hall–Kier alpha value is -0.280. The van der Waals surface area contributed by atoms with Crippen molar-refractivity contribution in [3.63, 3.8) is 0 Å². The van der Waals surface area contributed by atoms with Gasteiger partial charge in [-0.25, -0.2) is 0 Å². The summed E-state index contributed by atoms with van der Waals surface area (Å²) in [5.74, 6) is 0. The lowest BCUT2D eigenvalue weighted by Crippen LogP contribution is -2.31. The molecule has 1 unspecified atom stereocenters. The third-order valence-electron chi connectivity index (χ3n) is 2.38. The van der Waals surface area contributed by atoms with Crippen LogP contribution in [0.3, 0.4) is 0 Å². The van der Waals surface area contributed by atoms with Crippen LogP contribution in [0, 0.1) is 0 Å². The Kier molecular flexibility index (Phi) is 6.14. The second-order valence-electron chi connectivity index (χ2n) is 3.72. The van der Waals surface area contributed by atoms with Gasteiger partial charge in [0.1, 0.15) is 0 Å². The normalized spacial score (nSPS) is 12.8. The van der Waals surface area contributed by atoms with E-state index in [1.54, 1.807) is 13.2 Å². The lowest BCUT2D eigenvalue weighted by molar-refractivity contribution is 0.164. The minimum absolute atomic E-state index is 0.364. The van der Waals surface area contributed by atoms with E-state index in [0.717, 1.165) is 18.5 Å². The lowest BCUT2D eigenvalue weighted by Gasteiger charge is -2.16. The molecule has 0 amide bonds. The van der Waals surface area contributed by atoms with Crippen molar-refractivity contribution in [3.8, 4) is 0 Å². The summed E-state index contributed by atoms with van der Waals surface area (Å²) in [7, 11) is 1.71. The predicted molar refractivity (Wildman–Crippen MR) is 69.3 cm³/mol. The zero-order valence-corrected chi connectivity index (χ0v) is 11.1. The van der Waals surface area contributed by atoms with E-state index in [1.165, 1.54) is 0 Å². The molecule has 0 bridgehead atoms. The van der Waals surface area contributed by atoms with Crippen LogP contribution >= 0.6 is 23.2 Å². The van der Waals surface area contributed by atoms with Crippen LogP contribution in [0.25, 0.3) is 0 Å². The average molecular weight is 262 g/mol. The van der Waals surface area contributed by atoms with Crippen molar-refractivity contribution in [2.75, 3.05) is 13.7 Å². The molecule has 0 heterocycles. The Morgan fingerprint density at radius 3 is 2.38 bits per heavy atom. The van der Waals surface area contributed by atoms with Crippen LogP contribution in [-0.4, -0.2) is 19.8 Å². The molecule has 0 fully saturated rings. The Balaban J connectivity index is 2.52. The molecule has 1 rings (SSSR count). The van der Waals surface area contributed by atoms with Crippen LogP contribution in [0.15, 0.2) is 18.2 Å². The van der Waals surface area contributed by atoms with Gasteiger partial charge in [0.05, 0.1) is 6.61 Å². The number of hydrogen-bond donors (Lipinski definition) is 1. The molecular formula is C12H17Cl2NO. The van der Waals surface area contributed by atoms with Gasteiger partial charge >= 0.3 is 0 Å². The molecule has 1 atom stereocenters. The smallest absolute Gasteiger partial charge is 0.0615 e. The Morgan fingerprint density at radius 2 is 1.88 bits per heavy atom. The van der Waals surface area contributed by atoms with Gasteiger partial charge in [0.25, 0.3) is 0 Å². The van der Waals surface area contributed by atoms with Crippen LogP contribution in [0.1, 0.15) is 18.9 Å². The van der Waals surface area contributed by atoms with Gasteiger partial charge < -0.3 is 10.1 Å². The van der Waals surface area contributed by atoms with Crippen LogP contribution < -0.4 is 5.32 Å². The number of rotatable bonds is 6. The van der Waals surface area contributed by atoms with E-state index in [2.05, 4.69) is 12.2 Å². The molecule has 1 N–H and O–H groups in total. The van der Waals surface area contributed by atoms with Crippen molar-refractivity contribution in [2.45, 2.75) is 25.9 Å². The molecule has 0 saturated carbocycles. The summed E-state index contributed by atoms with van der Waals surface area (Å²) in [5.41, 5.74) is 1.09. The summed E-state index contributed by atoms with van der Waals surface area (Å²) in [4.78, 5) is 0. The molecular weight excluding hydrogens is 245 g/mol. The minimum Gasteiger partial charge on any atom is -0.383 e. The van der Waals surface area contributed by atoms with Crippen LogP contribution in [-0.2, 0) is 11.3 Å². The second kappa shape index (κ2) is 7.13. The van der Waals surface area contributed by atoms with Gasteiger partial charge in [0.15, 0.2) is 0 Å². The first-order chi connectivity index (χ1) is 7.65. The summed E-state index contributed by atoms with van der Waals surface area (Å²) in [6.45, 7) is 3.59. The van der Waals surface area contributed by atoms with Crippen molar-refractivity contribution in [1.29, 1.82) is 0 Å². The van der Waals surface area contributed by atoms with E-state index in [9.17, 15) is 0 Å². The van der Waals surface area contributed by atoms with Gasteiger partial charge in [0.2, 0.25) is 0 Å². The maximum absolute atomic E-state index is 5.92. The van der Waals surface area contributed by atoms with Crippen molar-refractivity contribution < 1.29 is 4.74 Å². The molecule has 1 aromatic carbocycles. The van der Waals surface area contributed by atoms with Crippen molar-refractivity contribution in [1.82, 2.24) is 5.32 Å². The third kappa shape index (κ3) is 4.71. The SMILES string of the molecule is CCC(COC)NCc1cc(Cl)cc(Cl)c1. The highest BCUT2D eigenvalue weighted by Crippen LogP contribution is 2.19. The molecule has 0 aromatic heterocycles. The minimum atomic E-state index is 0.364. The van der Waals surface area contributed by atoms with E-state index in [0.29, 0.717) is 22.7 Å². The van der Waals surface area contributed by atoms with Crippen LogP contribution in [0.4, 0.5) is 0 Å². The summed E-state index contributed by atoms with van der Waals surface area (Å²) < 4.78 is 5.12. The first-order valence-electron chi connectivity index (χ1n) is 5.33. The van der Waals surface area contributed by atoms with Gasteiger partial charge in [-0.1, -0.05) is 30.1 Å². The molecule has 16 heavy (non-hydrogen) atoms. The highest BCUT2D eigenvalue weighted by Gasteiger charge is 2.05. The fraction of sp³-hybridized carbons (Fsp3) is 0.500. The molecule has 0 spiro atoms. The molecule has 1 aromatic rings. The maximum atomic E-state index is 5.92. The van der Waals surface area contributed by atoms with Gasteiger partial charge in [-0.15, -0.1) is 0 Å². The molecule has 0 aliphatic carbocycles. The molecule has 2 nitrogen and oxygen atoms in total. The van der Waals surface area contributed by atoms with Crippen LogP contribution in [0.5, 0.6) is 0 Å². The first-order valence-corrected chi connectivity index (χ1v) is 6.08. The molecule has 0 radical (unpaired) electrons. The van der Waals surface area contributed by atoms with E-state index in [4.69, 9.17) is 27.9 Å². The largest absolute Gasteiger partial charge is 0.383 e. The summed E-state index contributed by atoms with van der Waals surface area (Å²) in [6, 6.07) is 5.93. The molecule has 90 valence electrons. The zero-order valence-electron chi connectivity index (χ0n) is 9.59. The third-order valence-corrected chi connectivity index (χ3v) is 2.81. The van der Waals surface area contributed by atoms with Crippen molar-refractivity contribution in [2.24, 2.45) is 0 Å². The summed E-state index contributed by atoms with van der Waals surface area (Å²) in [5, 5.41) is 4.74. The number of ether oxygens (including phenoxy) is 1. The number of methoxy groups -OCH3 is 1. The summed E-state index contributed by atoms with van der Waals surface area (Å²) >= 11 is 11.8. The Bertz CT molecular complexity index is 311. The first kappa shape index (κ1) is 13.8. The summed E-state index contributed by atoms with van der Waals surface area (Å²) in [6.07, 6.45) is 1.03. The van der Waals surface area contributed by atoms with E-state index < -0.39 is 0 Å². The number of benzene rings is 1. The van der Waals surface area contributed by atoms with E-state index in [1.807, 2.05) is 12.1 Å². The van der Waals surface area contributed by atoms with Gasteiger partial charge in [-0.3, -0.25) is 0 Å². The highest BCUT2D eigenvalue weighted by atomic mass is 35.5. The fourth-order valence-electron chi connectivity index (χ4n) is 1.50. The Labute approximate surface area is 107 Å². The maximum Gasteiger partial charge on any atom is 0.0615 e. The topological polar surface area (TPSA) is 21.3 Å². The van der Waals surface area contributed by atoms with Gasteiger partial charge in [-0.05, 0) is 30.2 Å². The predicted octanol–water partition coefficient (Wildman–Crippen LogP) is 3.51. The number of hydrogen-bond acceptors (Lipinski definition) is 2. The average Bonchev–Trinajstić information content (AvgIpc) is 2.23. The van der Waals surface area contributed by atoms with Gasteiger partial charge in [0, 0.05) is 29.7 Å². The fourth-order valence-corrected chi connectivity index (χ4v) is 2.07. The van der Waals surface area contributed by atoms with Gasteiger partial charge in [-0.2, -0.15) is 0 Å². The molecule has 4 heteroatoms. The quantitative estimate of drug-likeness (QED) is 0.847. The van der Waals surface area contributed by atoms with E-state index in [-0.39, 0.29) is 0 Å². The van der Waals surface area contributed by atoms with Crippen LogP contribution in [0.2, 0.25) is 10.0 Å². The zero-order chi connectivity index (χ0) is 12.0. The second-order valence-corrected chi connectivity index (χ2v) is 4.59. The monoisotopic (exact) mass is 261 g/mol. The Morgan fingerprint density at radius 1 is 1.25 bits per heavy atom. The lowest BCUT2D eigenvalue weighted by atomic mass is 10.2. The van der Waals surface area contributed by atoms with Crippen molar-refractivity contribution >= 4 is 23.2 Å². The molecule has 0 aliphatic rings. The number of halogens is 2. The number of nitrogens with one attached hydrogen (secondary N) is 1. The standard InChI is InChI=1S/C12H17Cl2NO/c1-3-12(8-16-2)15-7-9-4-10(13)6-11(14)5-9/h4-6,12,15H,3,7-8H2,1-2H3.